The number of rotatable bonds is 5. The Bertz CT molecular complexity index is 368. The van der Waals surface area contributed by atoms with Crippen LogP contribution in [0.25, 0.3) is 0 Å². The van der Waals surface area contributed by atoms with E-state index >= 15 is 0 Å². The Balaban J connectivity index is 2.69. The van der Waals surface area contributed by atoms with E-state index in [-0.39, 0.29) is 24.7 Å². The summed E-state index contributed by atoms with van der Waals surface area (Å²) >= 11 is 0. The zero-order valence-corrected chi connectivity index (χ0v) is 9.00. The van der Waals surface area contributed by atoms with Gasteiger partial charge in [-0.15, -0.1) is 0 Å². The van der Waals surface area contributed by atoms with Crippen LogP contribution in [0.1, 0.15) is 13.3 Å². The number of anilines is 1. The molecule has 2 N–H and O–H groups in total. The van der Waals surface area contributed by atoms with Crippen molar-refractivity contribution in [1.29, 1.82) is 0 Å². The molecule has 1 aromatic carbocycles. The SMILES string of the molecule is CCOc1ccc(NC(=O)CCO)cc1F. The van der Waals surface area contributed by atoms with Crippen LogP contribution in [0.3, 0.4) is 0 Å². The first kappa shape index (κ1) is 12.4. The molecule has 16 heavy (non-hydrogen) atoms. The van der Waals surface area contributed by atoms with Crippen LogP contribution < -0.4 is 10.1 Å². The van der Waals surface area contributed by atoms with E-state index in [0.29, 0.717) is 12.3 Å². The molecule has 0 aliphatic heterocycles. The quantitative estimate of drug-likeness (QED) is 0.802. The molecule has 0 bridgehead atoms. The molecule has 0 saturated heterocycles. The van der Waals surface area contributed by atoms with Crippen molar-refractivity contribution >= 4 is 11.6 Å². The maximum atomic E-state index is 13.3. The summed E-state index contributed by atoms with van der Waals surface area (Å²) in [5, 5.41) is 11.0. The average Bonchev–Trinajstić information content (AvgIpc) is 2.22. The fourth-order valence-electron chi connectivity index (χ4n) is 1.18. The summed E-state index contributed by atoms with van der Waals surface area (Å²) in [6, 6.07) is 4.18. The highest BCUT2D eigenvalue weighted by molar-refractivity contribution is 5.90. The molecule has 88 valence electrons. The third-order valence-corrected chi connectivity index (χ3v) is 1.85. The first-order valence-corrected chi connectivity index (χ1v) is 5.00. The summed E-state index contributed by atoms with van der Waals surface area (Å²) < 4.78 is 18.4. The van der Waals surface area contributed by atoms with Crippen LogP contribution in [0.2, 0.25) is 0 Å². The highest BCUT2D eigenvalue weighted by atomic mass is 19.1. The molecular weight excluding hydrogens is 213 g/mol. The van der Waals surface area contributed by atoms with Crippen LogP contribution >= 0.6 is 0 Å². The van der Waals surface area contributed by atoms with Crippen molar-refractivity contribution in [2.75, 3.05) is 18.5 Å². The van der Waals surface area contributed by atoms with Crippen molar-refractivity contribution in [2.24, 2.45) is 0 Å². The molecule has 1 amide bonds. The Labute approximate surface area is 93.0 Å². The van der Waals surface area contributed by atoms with Crippen LogP contribution in [0.5, 0.6) is 5.75 Å². The molecular formula is C11H14FNO3. The number of ether oxygens (including phenoxy) is 1. The molecule has 5 heteroatoms. The number of benzene rings is 1. The smallest absolute Gasteiger partial charge is 0.226 e. The third kappa shape index (κ3) is 3.51. The number of carbonyl (C=O) groups excluding carboxylic acids is 1. The van der Waals surface area contributed by atoms with Crippen molar-refractivity contribution in [3.8, 4) is 5.75 Å². The van der Waals surface area contributed by atoms with Gasteiger partial charge in [-0.2, -0.15) is 0 Å². The van der Waals surface area contributed by atoms with Crippen LogP contribution in [0.15, 0.2) is 18.2 Å². The molecule has 0 atom stereocenters. The van der Waals surface area contributed by atoms with E-state index in [9.17, 15) is 9.18 Å². The van der Waals surface area contributed by atoms with Crippen molar-refractivity contribution in [1.82, 2.24) is 0 Å². The van der Waals surface area contributed by atoms with E-state index in [1.165, 1.54) is 12.1 Å². The molecule has 0 fully saturated rings. The summed E-state index contributed by atoms with van der Waals surface area (Å²) in [6.07, 6.45) is -0.00513. The number of halogens is 1. The molecule has 0 spiro atoms. The standard InChI is InChI=1S/C11H14FNO3/c1-2-16-10-4-3-8(7-9(10)12)13-11(15)5-6-14/h3-4,7,14H,2,5-6H2,1H3,(H,13,15). The lowest BCUT2D eigenvalue weighted by molar-refractivity contribution is -0.116. The maximum absolute atomic E-state index is 13.3. The lowest BCUT2D eigenvalue weighted by atomic mass is 10.2. The van der Waals surface area contributed by atoms with Crippen LogP contribution in [-0.2, 0) is 4.79 Å². The molecule has 0 aromatic heterocycles. The summed E-state index contributed by atoms with van der Waals surface area (Å²) in [6.45, 7) is 1.91. The lowest BCUT2D eigenvalue weighted by Crippen LogP contribution is -2.13. The van der Waals surface area contributed by atoms with Crippen molar-refractivity contribution in [2.45, 2.75) is 13.3 Å². The first-order valence-electron chi connectivity index (χ1n) is 5.00. The normalized spacial score (nSPS) is 9.94. The fourth-order valence-corrected chi connectivity index (χ4v) is 1.18. The first-order chi connectivity index (χ1) is 7.67. The maximum Gasteiger partial charge on any atom is 0.226 e. The van der Waals surface area contributed by atoms with Gasteiger partial charge in [-0.3, -0.25) is 4.79 Å². The third-order valence-electron chi connectivity index (χ3n) is 1.85. The number of nitrogens with one attached hydrogen (secondary N) is 1. The van der Waals surface area contributed by atoms with E-state index < -0.39 is 5.82 Å². The van der Waals surface area contributed by atoms with Crippen LogP contribution in [0.4, 0.5) is 10.1 Å². The zero-order chi connectivity index (χ0) is 12.0. The van der Waals surface area contributed by atoms with Gasteiger partial charge in [-0.05, 0) is 19.1 Å². The number of hydrogen-bond acceptors (Lipinski definition) is 3. The van der Waals surface area contributed by atoms with Crippen molar-refractivity contribution < 1.29 is 19.0 Å². The Hall–Kier alpha value is -1.62. The van der Waals surface area contributed by atoms with Gasteiger partial charge in [0.05, 0.1) is 19.6 Å². The molecule has 0 unspecified atom stereocenters. The van der Waals surface area contributed by atoms with E-state index in [0.717, 1.165) is 0 Å². The van der Waals surface area contributed by atoms with E-state index in [2.05, 4.69) is 5.32 Å². The molecule has 0 radical (unpaired) electrons. The number of amides is 1. The van der Waals surface area contributed by atoms with Crippen molar-refractivity contribution in [3.05, 3.63) is 24.0 Å². The second-order valence-corrected chi connectivity index (χ2v) is 3.10. The predicted molar refractivity (Wildman–Crippen MR) is 57.9 cm³/mol. The summed E-state index contributed by atoms with van der Waals surface area (Å²) in [4.78, 5) is 11.1. The monoisotopic (exact) mass is 227 g/mol. The van der Waals surface area contributed by atoms with Gasteiger partial charge in [0.25, 0.3) is 0 Å². The minimum atomic E-state index is -0.524. The molecule has 0 saturated carbocycles. The number of aliphatic hydroxyl groups is 1. The van der Waals surface area contributed by atoms with E-state index in [1.54, 1.807) is 13.0 Å². The number of aliphatic hydroxyl groups excluding tert-OH is 1. The van der Waals surface area contributed by atoms with Crippen molar-refractivity contribution in [3.63, 3.8) is 0 Å². The predicted octanol–water partition coefficient (Wildman–Crippen LogP) is 1.55. The van der Waals surface area contributed by atoms with Gasteiger partial charge in [0.1, 0.15) is 0 Å². The number of hydrogen-bond donors (Lipinski definition) is 2. The zero-order valence-electron chi connectivity index (χ0n) is 9.00. The Kier molecular flexibility index (Phi) is 4.72. The highest BCUT2D eigenvalue weighted by Gasteiger charge is 2.06. The molecule has 0 heterocycles. The highest BCUT2D eigenvalue weighted by Crippen LogP contribution is 2.21. The number of carbonyl (C=O) groups is 1. The van der Waals surface area contributed by atoms with Gasteiger partial charge in [0, 0.05) is 11.8 Å². The largest absolute Gasteiger partial charge is 0.491 e. The van der Waals surface area contributed by atoms with E-state index in [1.807, 2.05) is 0 Å². The van der Waals surface area contributed by atoms with Crippen LogP contribution in [0, 0.1) is 5.82 Å². The minimum absolute atomic E-state index is 0.00513. The Morgan fingerprint density at radius 3 is 2.88 bits per heavy atom. The Morgan fingerprint density at radius 2 is 2.31 bits per heavy atom. The van der Waals surface area contributed by atoms with Gasteiger partial charge >= 0.3 is 0 Å². The lowest BCUT2D eigenvalue weighted by Gasteiger charge is -2.07. The summed E-state index contributed by atoms with van der Waals surface area (Å²) in [5.74, 6) is -0.725. The van der Waals surface area contributed by atoms with Gasteiger partial charge < -0.3 is 15.2 Å². The van der Waals surface area contributed by atoms with Gasteiger partial charge in [0.2, 0.25) is 5.91 Å². The van der Waals surface area contributed by atoms with Gasteiger partial charge in [-0.1, -0.05) is 0 Å². The fraction of sp³-hybridized carbons (Fsp3) is 0.364. The molecule has 4 nitrogen and oxygen atoms in total. The van der Waals surface area contributed by atoms with Gasteiger partial charge in [-0.25, -0.2) is 4.39 Å². The topological polar surface area (TPSA) is 58.6 Å². The molecule has 1 rings (SSSR count). The van der Waals surface area contributed by atoms with Crippen LogP contribution in [-0.4, -0.2) is 24.2 Å². The second kappa shape index (κ2) is 6.07. The molecule has 0 aliphatic carbocycles. The minimum Gasteiger partial charge on any atom is -0.491 e. The van der Waals surface area contributed by atoms with Gasteiger partial charge in [0.15, 0.2) is 11.6 Å². The van der Waals surface area contributed by atoms with E-state index in [4.69, 9.17) is 9.84 Å². The molecule has 1 aromatic rings. The summed E-state index contributed by atoms with van der Waals surface area (Å²) in [7, 11) is 0. The second-order valence-electron chi connectivity index (χ2n) is 3.10. The molecule has 0 aliphatic rings. The summed E-state index contributed by atoms with van der Waals surface area (Å²) in [5.41, 5.74) is 0.347. The Morgan fingerprint density at radius 1 is 1.56 bits per heavy atom. The average molecular weight is 227 g/mol.